The van der Waals surface area contributed by atoms with Crippen molar-refractivity contribution in [2.24, 2.45) is 17.8 Å². The van der Waals surface area contributed by atoms with E-state index in [1.807, 2.05) is 42.2 Å². The molecule has 2 saturated heterocycles. The van der Waals surface area contributed by atoms with Gasteiger partial charge in [-0.25, -0.2) is 4.98 Å². The maximum atomic E-state index is 13.1. The van der Waals surface area contributed by atoms with Gasteiger partial charge >= 0.3 is 5.97 Å². The molecule has 2 unspecified atom stereocenters. The molecular weight excluding hydrogens is 548 g/mol. The van der Waals surface area contributed by atoms with Crippen molar-refractivity contribution in [1.82, 2.24) is 14.8 Å². The van der Waals surface area contributed by atoms with Crippen LogP contribution in [0.4, 0.5) is 5.13 Å². The third-order valence-corrected chi connectivity index (χ3v) is 10.3. The number of rotatable bonds is 8. The number of carbonyl (C=O) groups excluding carboxylic acids is 1. The summed E-state index contributed by atoms with van der Waals surface area (Å²) < 4.78 is 6.38. The molecule has 0 radical (unpaired) electrons. The standard InChI is InChI=1S/C33H40N4O4S/c1-20-5-10-29(41-18-25-9-6-22(14-21(25)2)31(38)36-12-11-26(17-36)35(3)4)27(13-20)28-19-42-33(34-28)37-15-23-7-8-24(16-37)30(23)32(39)40/h5-6,9-10,13-14,19,23-24,26,30H,7-8,11-12,15-18H2,1-4H3,(H,39,40)/t23-,24?,26-,30?/m1/s1. The molecule has 1 saturated carbocycles. The van der Waals surface area contributed by atoms with E-state index in [2.05, 4.69) is 42.3 Å². The fraction of sp³-hybridized carbons (Fsp3) is 0.485. The number of carbonyl (C=O) groups is 2. The van der Waals surface area contributed by atoms with E-state index in [9.17, 15) is 14.7 Å². The van der Waals surface area contributed by atoms with Crippen LogP contribution in [-0.4, -0.2) is 78.1 Å². The molecule has 0 spiro atoms. The molecule has 1 amide bonds. The van der Waals surface area contributed by atoms with E-state index in [1.54, 1.807) is 11.3 Å². The molecule has 3 aromatic rings. The highest BCUT2D eigenvalue weighted by Crippen LogP contribution is 2.44. The Labute approximate surface area is 251 Å². The van der Waals surface area contributed by atoms with Gasteiger partial charge in [-0.2, -0.15) is 0 Å². The predicted molar refractivity (Wildman–Crippen MR) is 165 cm³/mol. The summed E-state index contributed by atoms with van der Waals surface area (Å²) in [5, 5.41) is 12.7. The monoisotopic (exact) mass is 588 g/mol. The number of carboxylic acid groups (broad SMARTS) is 1. The van der Waals surface area contributed by atoms with Crippen LogP contribution in [0.25, 0.3) is 11.3 Å². The quantitative estimate of drug-likeness (QED) is 0.381. The Balaban J connectivity index is 1.14. The number of thiazole rings is 1. The average molecular weight is 589 g/mol. The maximum Gasteiger partial charge on any atom is 0.307 e. The summed E-state index contributed by atoms with van der Waals surface area (Å²) >= 11 is 1.61. The maximum absolute atomic E-state index is 13.1. The van der Waals surface area contributed by atoms with Crippen molar-refractivity contribution in [1.29, 1.82) is 0 Å². The zero-order chi connectivity index (χ0) is 29.5. The first-order valence-electron chi connectivity index (χ1n) is 14.9. The number of fused-ring (bicyclic) bond motifs is 2. The number of nitrogens with zero attached hydrogens (tertiary/aromatic N) is 4. The first-order chi connectivity index (χ1) is 20.2. The molecular formula is C33H40N4O4S. The van der Waals surface area contributed by atoms with Crippen LogP contribution >= 0.6 is 11.3 Å². The Morgan fingerprint density at radius 2 is 1.81 bits per heavy atom. The van der Waals surface area contributed by atoms with Gasteiger partial charge in [-0.3, -0.25) is 9.59 Å². The molecule has 6 rings (SSSR count). The molecule has 3 aliphatic rings. The fourth-order valence-electron chi connectivity index (χ4n) is 6.96. The molecule has 222 valence electrons. The second kappa shape index (κ2) is 11.7. The number of carboxylic acids is 1. The number of likely N-dealkylation sites (N-methyl/N-ethyl adjacent to an activating group) is 1. The third kappa shape index (κ3) is 5.64. The lowest BCUT2D eigenvalue weighted by atomic mass is 9.85. The van der Waals surface area contributed by atoms with Crippen molar-refractivity contribution in [3.05, 3.63) is 64.0 Å². The molecule has 9 heteroatoms. The molecule has 8 nitrogen and oxygen atoms in total. The largest absolute Gasteiger partial charge is 0.488 e. The zero-order valence-corrected chi connectivity index (χ0v) is 25.7. The number of likely N-dealkylation sites (tertiary alicyclic amines) is 1. The number of piperidine rings is 1. The van der Waals surface area contributed by atoms with Gasteiger partial charge in [0.25, 0.3) is 5.91 Å². The SMILES string of the molecule is Cc1ccc(OCc2ccc(C(=O)N3CC[C@@H](N(C)C)C3)cc2C)c(-c2csc(N3CC4CC[C@H](C3)C4C(=O)O)n2)c1. The lowest BCUT2D eigenvalue weighted by molar-refractivity contribution is -0.144. The average Bonchev–Trinajstić information content (AvgIpc) is 3.71. The number of aliphatic carboxylic acids is 1. The van der Waals surface area contributed by atoms with Crippen LogP contribution in [0, 0.1) is 31.6 Å². The lowest BCUT2D eigenvalue weighted by Crippen LogP contribution is -2.44. The Kier molecular flexibility index (Phi) is 7.98. The van der Waals surface area contributed by atoms with Crippen molar-refractivity contribution < 1.29 is 19.4 Å². The van der Waals surface area contributed by atoms with Crippen LogP contribution in [0.1, 0.15) is 46.3 Å². The summed E-state index contributed by atoms with van der Waals surface area (Å²) in [5.41, 5.74) is 5.76. The molecule has 1 aromatic heterocycles. The van der Waals surface area contributed by atoms with Crippen LogP contribution in [0.15, 0.2) is 41.8 Å². The highest BCUT2D eigenvalue weighted by molar-refractivity contribution is 7.14. The van der Waals surface area contributed by atoms with Gasteiger partial charge in [0.15, 0.2) is 5.13 Å². The minimum absolute atomic E-state index is 0.0928. The van der Waals surface area contributed by atoms with Crippen LogP contribution in [-0.2, 0) is 11.4 Å². The topological polar surface area (TPSA) is 86.2 Å². The van der Waals surface area contributed by atoms with Crippen molar-refractivity contribution in [3.63, 3.8) is 0 Å². The molecule has 2 bridgehead atoms. The minimum Gasteiger partial charge on any atom is -0.488 e. The van der Waals surface area contributed by atoms with E-state index in [4.69, 9.17) is 9.72 Å². The number of ether oxygens (including phenoxy) is 1. The Hall–Kier alpha value is -3.43. The van der Waals surface area contributed by atoms with Crippen molar-refractivity contribution in [2.45, 2.75) is 45.8 Å². The van der Waals surface area contributed by atoms with Gasteiger partial charge < -0.3 is 24.5 Å². The molecule has 1 aliphatic carbocycles. The highest BCUT2D eigenvalue weighted by Gasteiger charge is 2.46. The highest BCUT2D eigenvalue weighted by atomic mass is 32.1. The number of hydrogen-bond acceptors (Lipinski definition) is 7. The van der Waals surface area contributed by atoms with Gasteiger partial charge in [0.05, 0.1) is 11.6 Å². The lowest BCUT2D eigenvalue weighted by Gasteiger charge is -2.35. The van der Waals surface area contributed by atoms with Gasteiger partial charge in [0.2, 0.25) is 0 Å². The van der Waals surface area contributed by atoms with E-state index >= 15 is 0 Å². The number of aryl methyl sites for hydroxylation is 2. The molecule has 3 heterocycles. The summed E-state index contributed by atoms with van der Waals surface area (Å²) in [4.78, 5) is 36.3. The second-order valence-electron chi connectivity index (χ2n) is 12.5. The number of anilines is 1. The van der Waals surface area contributed by atoms with Gasteiger partial charge in [0.1, 0.15) is 12.4 Å². The van der Waals surface area contributed by atoms with Crippen LogP contribution in [0.2, 0.25) is 0 Å². The summed E-state index contributed by atoms with van der Waals surface area (Å²) in [6.07, 6.45) is 2.97. The van der Waals surface area contributed by atoms with Gasteiger partial charge in [-0.1, -0.05) is 17.7 Å². The van der Waals surface area contributed by atoms with Gasteiger partial charge in [-0.05, 0) is 94.4 Å². The molecule has 42 heavy (non-hydrogen) atoms. The molecule has 2 aromatic carbocycles. The van der Waals surface area contributed by atoms with E-state index in [-0.39, 0.29) is 23.7 Å². The van der Waals surface area contributed by atoms with Crippen LogP contribution in [0.5, 0.6) is 5.75 Å². The molecule has 1 N–H and O–H groups in total. The summed E-state index contributed by atoms with van der Waals surface area (Å²) in [5.74, 6) is 0.389. The summed E-state index contributed by atoms with van der Waals surface area (Å²) in [7, 11) is 4.14. The fourth-order valence-corrected chi connectivity index (χ4v) is 7.81. The molecule has 3 fully saturated rings. The third-order valence-electron chi connectivity index (χ3n) is 9.45. The smallest absolute Gasteiger partial charge is 0.307 e. The summed E-state index contributed by atoms with van der Waals surface area (Å²) in [6.45, 7) is 7.56. The van der Waals surface area contributed by atoms with E-state index in [1.165, 1.54) is 0 Å². The summed E-state index contributed by atoms with van der Waals surface area (Å²) in [6, 6.07) is 12.5. The zero-order valence-electron chi connectivity index (χ0n) is 24.9. The first-order valence-corrected chi connectivity index (χ1v) is 15.8. The second-order valence-corrected chi connectivity index (χ2v) is 13.3. The molecule has 2 aliphatic heterocycles. The van der Waals surface area contributed by atoms with Crippen molar-refractivity contribution >= 4 is 28.3 Å². The number of benzene rings is 2. The van der Waals surface area contributed by atoms with E-state index in [0.29, 0.717) is 12.6 Å². The van der Waals surface area contributed by atoms with Gasteiger partial charge in [-0.15, -0.1) is 11.3 Å². The van der Waals surface area contributed by atoms with Crippen molar-refractivity contribution in [3.8, 4) is 17.0 Å². The Morgan fingerprint density at radius 1 is 1.05 bits per heavy atom. The van der Waals surface area contributed by atoms with Crippen LogP contribution in [0.3, 0.4) is 0 Å². The first kappa shape index (κ1) is 28.7. The van der Waals surface area contributed by atoms with E-state index in [0.717, 1.165) is 89.8 Å². The Morgan fingerprint density at radius 3 is 2.48 bits per heavy atom. The molecule has 4 atom stereocenters. The van der Waals surface area contributed by atoms with Crippen LogP contribution < -0.4 is 9.64 Å². The van der Waals surface area contributed by atoms with E-state index < -0.39 is 5.97 Å². The number of aromatic nitrogens is 1. The Bertz CT molecular complexity index is 1470. The van der Waals surface area contributed by atoms with Gasteiger partial charge in [0, 0.05) is 48.7 Å². The normalized spacial score (nSPS) is 23.5. The predicted octanol–water partition coefficient (Wildman–Crippen LogP) is 5.33. The number of amides is 1. The minimum atomic E-state index is -0.648. The number of hydrogen-bond donors (Lipinski definition) is 1. The van der Waals surface area contributed by atoms with Crippen molar-refractivity contribution in [2.75, 3.05) is 45.2 Å².